The Morgan fingerprint density at radius 2 is 1.47 bits per heavy atom. The Labute approximate surface area is 112 Å². The summed E-state index contributed by atoms with van der Waals surface area (Å²) in [5.74, 6) is 1.74. The fourth-order valence-electron chi connectivity index (χ4n) is 2.12. The van der Waals surface area contributed by atoms with Crippen molar-refractivity contribution in [1.82, 2.24) is 0 Å². The van der Waals surface area contributed by atoms with Crippen molar-refractivity contribution in [1.29, 1.82) is 0 Å². The summed E-state index contributed by atoms with van der Waals surface area (Å²) in [6, 6.07) is 13.9. The summed E-state index contributed by atoms with van der Waals surface area (Å²) in [6.07, 6.45) is 2.46. The van der Waals surface area contributed by atoms with Gasteiger partial charge in [-0.05, 0) is 60.7 Å². The van der Waals surface area contributed by atoms with Crippen LogP contribution in [0, 0.1) is 11.7 Å². The van der Waals surface area contributed by atoms with E-state index in [1.165, 1.54) is 25.0 Å². The third-order valence-electron chi connectivity index (χ3n) is 3.44. The molecule has 1 atom stereocenters. The van der Waals surface area contributed by atoms with Crippen LogP contribution in [0.5, 0.6) is 11.5 Å². The van der Waals surface area contributed by atoms with Crippen LogP contribution < -0.4 is 10.5 Å². The largest absolute Gasteiger partial charge is 0.457 e. The lowest BCUT2D eigenvalue weighted by Gasteiger charge is -2.11. The van der Waals surface area contributed by atoms with Crippen LogP contribution in [0.15, 0.2) is 48.5 Å². The molecule has 98 valence electrons. The third kappa shape index (κ3) is 2.93. The standard InChI is InChI=1S/C16H16FNO/c17-13-5-9-15(10-6-13)19-14-7-3-12(4-8-14)16(18)11-1-2-11/h3-11,16H,1-2,18H2. The van der Waals surface area contributed by atoms with Crippen molar-refractivity contribution in [3.05, 3.63) is 59.9 Å². The van der Waals surface area contributed by atoms with Gasteiger partial charge in [-0.15, -0.1) is 0 Å². The minimum absolute atomic E-state index is 0.139. The highest BCUT2D eigenvalue weighted by Crippen LogP contribution is 2.39. The first-order chi connectivity index (χ1) is 9.22. The van der Waals surface area contributed by atoms with Gasteiger partial charge in [-0.1, -0.05) is 12.1 Å². The van der Waals surface area contributed by atoms with Gasteiger partial charge in [0.25, 0.3) is 0 Å². The second-order valence-electron chi connectivity index (χ2n) is 4.99. The van der Waals surface area contributed by atoms with E-state index in [2.05, 4.69) is 0 Å². The predicted molar refractivity (Wildman–Crippen MR) is 72.6 cm³/mol. The van der Waals surface area contributed by atoms with E-state index >= 15 is 0 Å². The van der Waals surface area contributed by atoms with Gasteiger partial charge >= 0.3 is 0 Å². The molecule has 3 heteroatoms. The second kappa shape index (κ2) is 5.02. The summed E-state index contributed by atoms with van der Waals surface area (Å²) in [4.78, 5) is 0. The average Bonchev–Trinajstić information content (AvgIpc) is 3.26. The van der Waals surface area contributed by atoms with Gasteiger partial charge in [0.1, 0.15) is 17.3 Å². The van der Waals surface area contributed by atoms with E-state index in [9.17, 15) is 4.39 Å². The first kappa shape index (κ1) is 12.2. The minimum atomic E-state index is -0.266. The summed E-state index contributed by atoms with van der Waals surface area (Å²) in [5, 5.41) is 0. The summed E-state index contributed by atoms with van der Waals surface area (Å²) >= 11 is 0. The number of nitrogens with two attached hydrogens (primary N) is 1. The third-order valence-corrected chi connectivity index (χ3v) is 3.44. The molecule has 19 heavy (non-hydrogen) atoms. The van der Waals surface area contributed by atoms with Crippen molar-refractivity contribution in [3.63, 3.8) is 0 Å². The maximum Gasteiger partial charge on any atom is 0.127 e. The molecule has 2 N–H and O–H groups in total. The minimum Gasteiger partial charge on any atom is -0.457 e. The summed E-state index contributed by atoms with van der Waals surface area (Å²) in [7, 11) is 0. The molecular weight excluding hydrogens is 241 g/mol. The van der Waals surface area contributed by atoms with Crippen LogP contribution in [-0.2, 0) is 0 Å². The van der Waals surface area contributed by atoms with Crippen LogP contribution in [0.25, 0.3) is 0 Å². The van der Waals surface area contributed by atoms with E-state index in [0.717, 1.165) is 11.3 Å². The molecule has 1 aliphatic carbocycles. The molecule has 0 radical (unpaired) electrons. The number of rotatable bonds is 4. The summed E-state index contributed by atoms with van der Waals surface area (Å²) in [6.45, 7) is 0. The lowest BCUT2D eigenvalue weighted by Crippen LogP contribution is -2.11. The molecule has 0 amide bonds. The highest BCUT2D eigenvalue weighted by atomic mass is 19.1. The van der Waals surface area contributed by atoms with Crippen molar-refractivity contribution in [2.75, 3.05) is 0 Å². The fourth-order valence-corrected chi connectivity index (χ4v) is 2.12. The quantitative estimate of drug-likeness (QED) is 0.897. The number of ether oxygens (including phenoxy) is 1. The second-order valence-corrected chi connectivity index (χ2v) is 4.99. The fraction of sp³-hybridized carbons (Fsp3) is 0.250. The molecule has 3 rings (SSSR count). The van der Waals surface area contributed by atoms with Crippen LogP contribution in [0.3, 0.4) is 0 Å². The van der Waals surface area contributed by atoms with E-state index in [1.807, 2.05) is 24.3 Å². The number of benzene rings is 2. The van der Waals surface area contributed by atoms with E-state index in [1.54, 1.807) is 12.1 Å². The summed E-state index contributed by atoms with van der Waals surface area (Å²) in [5.41, 5.74) is 7.28. The molecule has 1 saturated carbocycles. The zero-order chi connectivity index (χ0) is 13.2. The van der Waals surface area contributed by atoms with Crippen LogP contribution in [-0.4, -0.2) is 0 Å². The molecule has 0 heterocycles. The lowest BCUT2D eigenvalue weighted by molar-refractivity contribution is 0.480. The Morgan fingerprint density at radius 1 is 0.947 bits per heavy atom. The van der Waals surface area contributed by atoms with Crippen LogP contribution in [0.1, 0.15) is 24.4 Å². The SMILES string of the molecule is NC(c1ccc(Oc2ccc(F)cc2)cc1)C1CC1. The molecule has 0 aromatic heterocycles. The molecular formula is C16H16FNO. The number of hydrogen-bond acceptors (Lipinski definition) is 2. The summed E-state index contributed by atoms with van der Waals surface area (Å²) < 4.78 is 18.4. The zero-order valence-electron chi connectivity index (χ0n) is 10.6. The van der Waals surface area contributed by atoms with Crippen molar-refractivity contribution in [2.45, 2.75) is 18.9 Å². The van der Waals surface area contributed by atoms with Gasteiger partial charge in [0.05, 0.1) is 0 Å². The van der Waals surface area contributed by atoms with Gasteiger partial charge in [-0.2, -0.15) is 0 Å². The topological polar surface area (TPSA) is 35.2 Å². The van der Waals surface area contributed by atoms with Crippen LogP contribution >= 0.6 is 0 Å². The van der Waals surface area contributed by atoms with E-state index in [-0.39, 0.29) is 11.9 Å². The Bertz CT molecular complexity index is 546. The normalized spacial score (nSPS) is 16.1. The molecule has 1 fully saturated rings. The number of halogens is 1. The van der Waals surface area contributed by atoms with Gasteiger partial charge in [0.15, 0.2) is 0 Å². The van der Waals surface area contributed by atoms with Crippen molar-refractivity contribution < 1.29 is 9.13 Å². The maximum atomic E-state index is 12.8. The van der Waals surface area contributed by atoms with Gasteiger partial charge in [-0.3, -0.25) is 0 Å². The molecule has 0 bridgehead atoms. The molecule has 2 nitrogen and oxygen atoms in total. The van der Waals surface area contributed by atoms with Crippen LogP contribution in [0.2, 0.25) is 0 Å². The molecule has 1 aliphatic rings. The molecule has 0 saturated heterocycles. The van der Waals surface area contributed by atoms with E-state index in [0.29, 0.717) is 11.7 Å². The zero-order valence-corrected chi connectivity index (χ0v) is 10.6. The Kier molecular flexibility index (Phi) is 3.22. The lowest BCUT2D eigenvalue weighted by atomic mass is 10.0. The molecule has 1 unspecified atom stereocenters. The molecule has 0 spiro atoms. The first-order valence-electron chi connectivity index (χ1n) is 6.51. The van der Waals surface area contributed by atoms with Gasteiger partial charge in [0.2, 0.25) is 0 Å². The smallest absolute Gasteiger partial charge is 0.127 e. The number of hydrogen-bond donors (Lipinski definition) is 1. The Morgan fingerprint density at radius 3 is 2.00 bits per heavy atom. The maximum absolute atomic E-state index is 12.8. The highest BCUT2D eigenvalue weighted by molar-refractivity contribution is 5.34. The van der Waals surface area contributed by atoms with Crippen molar-refractivity contribution >= 4 is 0 Å². The molecule has 2 aromatic carbocycles. The van der Waals surface area contributed by atoms with Gasteiger partial charge in [0, 0.05) is 6.04 Å². The van der Waals surface area contributed by atoms with Crippen molar-refractivity contribution in [3.8, 4) is 11.5 Å². The average molecular weight is 257 g/mol. The van der Waals surface area contributed by atoms with Crippen molar-refractivity contribution in [2.24, 2.45) is 11.7 Å². The Hall–Kier alpha value is -1.87. The van der Waals surface area contributed by atoms with E-state index < -0.39 is 0 Å². The first-order valence-corrected chi connectivity index (χ1v) is 6.51. The monoisotopic (exact) mass is 257 g/mol. The Balaban J connectivity index is 1.70. The predicted octanol–water partition coefficient (Wildman–Crippen LogP) is 4.03. The molecule has 2 aromatic rings. The van der Waals surface area contributed by atoms with Gasteiger partial charge in [-0.25, -0.2) is 4.39 Å². The van der Waals surface area contributed by atoms with E-state index in [4.69, 9.17) is 10.5 Å². The molecule has 0 aliphatic heterocycles. The highest BCUT2D eigenvalue weighted by Gasteiger charge is 2.29. The van der Waals surface area contributed by atoms with Gasteiger partial charge < -0.3 is 10.5 Å². The van der Waals surface area contributed by atoms with Crippen LogP contribution in [0.4, 0.5) is 4.39 Å².